The third-order valence-electron chi connectivity index (χ3n) is 2.96. The smallest absolute Gasteiger partial charge is 0.321 e. The van der Waals surface area contributed by atoms with Crippen molar-refractivity contribution in [2.75, 3.05) is 28.4 Å². The highest BCUT2D eigenvalue weighted by Gasteiger charge is 2.29. The van der Waals surface area contributed by atoms with Crippen LogP contribution in [0, 0.1) is 23.7 Å². The molecule has 8 nitrogen and oxygen atoms in total. The maximum absolute atomic E-state index is 11.6. The van der Waals surface area contributed by atoms with Gasteiger partial charge in [-0.3, -0.25) is 19.2 Å². The van der Waals surface area contributed by atoms with E-state index in [0.717, 1.165) is 28.4 Å². The van der Waals surface area contributed by atoms with E-state index in [4.69, 9.17) is 0 Å². The second-order valence-corrected chi connectivity index (χ2v) is 4.51. The van der Waals surface area contributed by atoms with Crippen LogP contribution >= 0.6 is 0 Å². The third kappa shape index (κ3) is 6.52. The molecule has 0 fully saturated rings. The summed E-state index contributed by atoms with van der Waals surface area (Å²) in [5.74, 6) is -0.293. The minimum absolute atomic E-state index is 0.104. The summed E-state index contributed by atoms with van der Waals surface area (Å²) in [5, 5.41) is 0. The van der Waals surface area contributed by atoms with Gasteiger partial charge in [-0.25, -0.2) is 0 Å². The average molecular weight is 340 g/mol. The van der Waals surface area contributed by atoms with Gasteiger partial charge in [-0.1, -0.05) is 18.4 Å². The first-order valence-electron chi connectivity index (χ1n) is 6.80. The van der Waals surface area contributed by atoms with Crippen molar-refractivity contribution in [1.82, 2.24) is 0 Å². The molecule has 0 N–H and O–H groups in total. The van der Waals surface area contributed by atoms with Crippen LogP contribution in [0.3, 0.4) is 0 Å². The van der Waals surface area contributed by atoms with E-state index in [9.17, 15) is 19.2 Å². The molecule has 0 aromatic rings. The molecule has 0 rings (SSSR count). The van der Waals surface area contributed by atoms with Crippen LogP contribution < -0.4 is 0 Å². The summed E-state index contributed by atoms with van der Waals surface area (Å²) < 4.78 is 18.0. The van der Waals surface area contributed by atoms with E-state index in [1.54, 1.807) is 0 Å². The first-order chi connectivity index (χ1) is 11.3. The summed E-state index contributed by atoms with van der Waals surface area (Å²) in [6.07, 6.45) is -0.257. The molecule has 0 saturated carbocycles. The molecular formula is C16H20O8. The van der Waals surface area contributed by atoms with Crippen molar-refractivity contribution >= 4 is 23.9 Å². The van der Waals surface area contributed by atoms with E-state index in [-0.39, 0.29) is 18.4 Å². The second-order valence-electron chi connectivity index (χ2n) is 4.51. The van der Waals surface area contributed by atoms with Gasteiger partial charge in [0.25, 0.3) is 0 Å². The summed E-state index contributed by atoms with van der Waals surface area (Å²) >= 11 is 0. The van der Waals surface area contributed by atoms with E-state index in [1.807, 2.05) is 0 Å². The molecule has 0 aliphatic heterocycles. The van der Waals surface area contributed by atoms with Crippen molar-refractivity contribution in [2.45, 2.75) is 12.8 Å². The Labute approximate surface area is 140 Å². The molecule has 0 aliphatic rings. The van der Waals surface area contributed by atoms with Crippen LogP contribution in [-0.4, -0.2) is 52.3 Å². The Hall–Kier alpha value is -2.82. The average Bonchev–Trinajstić information content (AvgIpc) is 2.60. The summed E-state index contributed by atoms with van der Waals surface area (Å²) in [6.45, 7) is 3.63. The van der Waals surface area contributed by atoms with E-state index >= 15 is 0 Å². The zero-order chi connectivity index (χ0) is 18.7. The lowest BCUT2D eigenvalue weighted by Crippen LogP contribution is -2.27. The first-order valence-corrected chi connectivity index (χ1v) is 6.80. The monoisotopic (exact) mass is 340 g/mol. The number of allylic oxidation sites excluding steroid dienone is 1. The third-order valence-corrected chi connectivity index (χ3v) is 2.96. The highest BCUT2D eigenvalue weighted by Crippen LogP contribution is 2.14. The molecule has 0 aromatic heterocycles. The van der Waals surface area contributed by atoms with E-state index in [1.165, 1.54) is 0 Å². The maximum atomic E-state index is 11.6. The van der Waals surface area contributed by atoms with Crippen molar-refractivity contribution < 1.29 is 38.1 Å². The Morgan fingerprint density at radius 2 is 1.17 bits per heavy atom. The minimum Gasteiger partial charge on any atom is -0.468 e. The summed E-state index contributed by atoms with van der Waals surface area (Å²) in [5.41, 5.74) is 0.240. The molecule has 8 heteroatoms. The van der Waals surface area contributed by atoms with Crippen LogP contribution in [0.2, 0.25) is 0 Å². The minimum atomic E-state index is -1.18. The molecule has 0 spiro atoms. The Morgan fingerprint density at radius 1 is 0.792 bits per heavy atom. The number of ether oxygens (including phenoxy) is 4. The lowest BCUT2D eigenvalue weighted by Gasteiger charge is -2.11. The summed E-state index contributed by atoms with van der Waals surface area (Å²) in [7, 11) is 4.57. The predicted octanol–water partition coefficient (Wildman–Crippen LogP) is 0.251. The standard InChI is InChI=1S/C16H20O8/c1-10(9-12(15(19)23-4)16(20)24-5)7-6-8-11(13(17)21-2)14(18)22-3/h11-12H,1,8-9H2,2-5H3. The van der Waals surface area contributed by atoms with Gasteiger partial charge in [0.15, 0.2) is 11.8 Å². The van der Waals surface area contributed by atoms with Gasteiger partial charge >= 0.3 is 23.9 Å². The largest absolute Gasteiger partial charge is 0.468 e. The first kappa shape index (κ1) is 21.2. The molecule has 0 bridgehead atoms. The molecule has 132 valence electrons. The fourth-order valence-electron chi connectivity index (χ4n) is 1.67. The molecule has 0 unspecified atom stereocenters. The van der Waals surface area contributed by atoms with Gasteiger partial charge in [-0.15, -0.1) is 0 Å². The molecule has 0 radical (unpaired) electrons. The van der Waals surface area contributed by atoms with Gasteiger partial charge in [-0.05, 0) is 5.57 Å². The van der Waals surface area contributed by atoms with Gasteiger partial charge in [0.1, 0.15) is 0 Å². The Morgan fingerprint density at radius 3 is 1.54 bits per heavy atom. The number of esters is 4. The number of methoxy groups -OCH3 is 4. The second kappa shape index (κ2) is 10.8. The molecular weight excluding hydrogens is 320 g/mol. The maximum Gasteiger partial charge on any atom is 0.321 e. The van der Waals surface area contributed by atoms with Crippen LogP contribution in [0.1, 0.15) is 12.8 Å². The number of hydrogen-bond donors (Lipinski definition) is 0. The highest BCUT2D eigenvalue weighted by molar-refractivity contribution is 5.95. The van der Waals surface area contributed by atoms with Gasteiger partial charge < -0.3 is 18.9 Å². The highest BCUT2D eigenvalue weighted by atomic mass is 16.5. The fourth-order valence-corrected chi connectivity index (χ4v) is 1.67. The molecule has 0 atom stereocenters. The van der Waals surface area contributed by atoms with Crippen molar-refractivity contribution in [1.29, 1.82) is 0 Å². The quantitative estimate of drug-likeness (QED) is 0.281. The lowest BCUT2D eigenvalue weighted by molar-refractivity contribution is -0.160. The Kier molecular flexibility index (Phi) is 9.56. The fraction of sp³-hybridized carbons (Fsp3) is 0.500. The molecule has 0 aliphatic carbocycles. The van der Waals surface area contributed by atoms with Crippen LogP contribution in [0.25, 0.3) is 0 Å². The number of carbonyl (C=O) groups excluding carboxylic acids is 4. The van der Waals surface area contributed by atoms with Gasteiger partial charge in [0.05, 0.1) is 28.4 Å². The molecule has 0 aromatic carbocycles. The zero-order valence-electron chi connectivity index (χ0n) is 14.0. The van der Waals surface area contributed by atoms with Crippen LogP contribution in [0.4, 0.5) is 0 Å². The molecule has 0 amide bonds. The number of rotatable bonds is 7. The van der Waals surface area contributed by atoms with Gasteiger partial charge in [0.2, 0.25) is 0 Å². The van der Waals surface area contributed by atoms with Crippen LogP contribution in [-0.2, 0) is 38.1 Å². The number of carbonyl (C=O) groups is 4. The van der Waals surface area contributed by atoms with Crippen molar-refractivity contribution in [3.05, 3.63) is 12.2 Å². The Balaban J connectivity index is 4.95. The van der Waals surface area contributed by atoms with Crippen molar-refractivity contribution in [2.24, 2.45) is 11.8 Å². The normalized spacial score (nSPS) is 9.58. The van der Waals surface area contributed by atoms with Crippen LogP contribution in [0.15, 0.2) is 12.2 Å². The van der Waals surface area contributed by atoms with Gasteiger partial charge in [-0.2, -0.15) is 0 Å². The summed E-state index contributed by atoms with van der Waals surface area (Å²) in [4.78, 5) is 46.1. The molecule has 24 heavy (non-hydrogen) atoms. The lowest BCUT2D eigenvalue weighted by atomic mass is 10.00. The molecule has 0 heterocycles. The zero-order valence-corrected chi connectivity index (χ0v) is 14.0. The van der Waals surface area contributed by atoms with Crippen LogP contribution in [0.5, 0.6) is 0 Å². The number of hydrogen-bond acceptors (Lipinski definition) is 8. The summed E-state index contributed by atoms with van der Waals surface area (Å²) in [6, 6.07) is 0. The Bertz CT molecular complexity index is 534. The SMILES string of the molecule is C=C(C#CCC(C(=O)OC)C(=O)OC)CC(C(=O)OC)C(=O)OC. The topological polar surface area (TPSA) is 105 Å². The van der Waals surface area contributed by atoms with Crippen molar-refractivity contribution in [3.63, 3.8) is 0 Å². The van der Waals surface area contributed by atoms with Crippen molar-refractivity contribution in [3.8, 4) is 11.8 Å². The van der Waals surface area contributed by atoms with E-state index in [0.29, 0.717) is 0 Å². The van der Waals surface area contributed by atoms with E-state index < -0.39 is 35.7 Å². The van der Waals surface area contributed by atoms with E-state index in [2.05, 4.69) is 37.4 Å². The molecule has 0 saturated heterocycles. The van der Waals surface area contributed by atoms with Gasteiger partial charge in [0, 0.05) is 12.8 Å². The predicted molar refractivity (Wildman–Crippen MR) is 81.2 cm³/mol.